The topological polar surface area (TPSA) is 48.4 Å². The number of benzene rings is 2. The van der Waals surface area contributed by atoms with E-state index in [1.165, 1.54) is 11.3 Å². The molecule has 1 aromatic heterocycles. The monoisotopic (exact) mass is 373 g/mol. The number of aromatic nitrogens is 1. The Hall–Kier alpha value is -2.21. The minimum Gasteiger partial charge on any atom is -0.456 e. The Morgan fingerprint density at radius 2 is 1.96 bits per heavy atom. The Morgan fingerprint density at radius 3 is 2.72 bits per heavy atom. The molecule has 0 spiro atoms. The third-order valence-corrected chi connectivity index (χ3v) is 4.66. The van der Waals surface area contributed by atoms with Crippen molar-refractivity contribution < 1.29 is 14.3 Å². The van der Waals surface area contributed by atoms with E-state index in [1.807, 2.05) is 41.8 Å². The Kier molecular flexibility index (Phi) is 5.81. The van der Waals surface area contributed by atoms with Gasteiger partial charge in [-0.1, -0.05) is 35.9 Å². The molecule has 6 heteroatoms. The number of nitrogens with zero attached hydrogens (tertiary/aromatic N) is 1. The maximum atomic E-state index is 12.2. The SMILES string of the molecule is COCc1cccc(C(=O)OCc2csc(-c3ccc(Cl)cc3)n2)c1. The van der Waals surface area contributed by atoms with Crippen molar-refractivity contribution in [2.45, 2.75) is 13.2 Å². The predicted molar refractivity (Wildman–Crippen MR) is 98.8 cm³/mol. The van der Waals surface area contributed by atoms with Gasteiger partial charge in [0, 0.05) is 23.1 Å². The van der Waals surface area contributed by atoms with Crippen LogP contribution in [-0.2, 0) is 22.7 Å². The highest BCUT2D eigenvalue weighted by molar-refractivity contribution is 7.13. The fourth-order valence-corrected chi connectivity index (χ4v) is 3.21. The molecule has 0 bridgehead atoms. The van der Waals surface area contributed by atoms with Crippen LogP contribution in [-0.4, -0.2) is 18.1 Å². The van der Waals surface area contributed by atoms with Crippen LogP contribution < -0.4 is 0 Å². The molecule has 0 aliphatic carbocycles. The molecule has 3 rings (SSSR count). The molecule has 0 amide bonds. The first-order valence-electron chi connectivity index (χ1n) is 7.61. The lowest BCUT2D eigenvalue weighted by Crippen LogP contribution is -2.06. The van der Waals surface area contributed by atoms with Gasteiger partial charge in [0.05, 0.1) is 17.9 Å². The average molecular weight is 374 g/mol. The first-order chi connectivity index (χ1) is 12.2. The number of thiazole rings is 1. The predicted octanol–water partition coefficient (Wildman–Crippen LogP) is 4.97. The summed E-state index contributed by atoms with van der Waals surface area (Å²) in [5, 5.41) is 3.44. The standard InChI is InChI=1S/C19H16ClNO3S/c1-23-10-13-3-2-4-15(9-13)19(22)24-11-17-12-25-18(21-17)14-5-7-16(20)8-6-14/h2-9,12H,10-11H2,1H3. The molecule has 0 aliphatic rings. The molecule has 25 heavy (non-hydrogen) atoms. The van der Waals surface area contributed by atoms with Crippen LogP contribution in [0.3, 0.4) is 0 Å². The van der Waals surface area contributed by atoms with E-state index in [0.717, 1.165) is 21.8 Å². The zero-order valence-corrected chi connectivity index (χ0v) is 15.1. The van der Waals surface area contributed by atoms with E-state index in [0.29, 0.717) is 17.2 Å². The number of carbonyl (C=O) groups excluding carboxylic acids is 1. The van der Waals surface area contributed by atoms with Crippen molar-refractivity contribution >= 4 is 28.9 Å². The van der Waals surface area contributed by atoms with E-state index in [2.05, 4.69) is 4.98 Å². The normalized spacial score (nSPS) is 10.6. The lowest BCUT2D eigenvalue weighted by atomic mass is 10.1. The molecule has 0 atom stereocenters. The summed E-state index contributed by atoms with van der Waals surface area (Å²) in [5.74, 6) is -0.376. The zero-order chi connectivity index (χ0) is 17.6. The third kappa shape index (κ3) is 4.66. The summed E-state index contributed by atoms with van der Waals surface area (Å²) in [5.41, 5.74) is 3.13. The Morgan fingerprint density at radius 1 is 1.16 bits per heavy atom. The zero-order valence-electron chi connectivity index (χ0n) is 13.6. The van der Waals surface area contributed by atoms with Gasteiger partial charge in [0.1, 0.15) is 11.6 Å². The van der Waals surface area contributed by atoms with Gasteiger partial charge in [-0.05, 0) is 29.8 Å². The molecule has 0 aliphatic heterocycles. The number of rotatable bonds is 6. The van der Waals surface area contributed by atoms with Gasteiger partial charge in [0.25, 0.3) is 0 Å². The fraction of sp³-hybridized carbons (Fsp3) is 0.158. The molecule has 3 aromatic rings. The van der Waals surface area contributed by atoms with Crippen molar-refractivity contribution in [1.29, 1.82) is 0 Å². The van der Waals surface area contributed by atoms with Gasteiger partial charge in [-0.2, -0.15) is 0 Å². The van der Waals surface area contributed by atoms with E-state index >= 15 is 0 Å². The average Bonchev–Trinajstić information content (AvgIpc) is 3.10. The van der Waals surface area contributed by atoms with Crippen LogP contribution in [0, 0.1) is 0 Å². The lowest BCUT2D eigenvalue weighted by molar-refractivity contribution is 0.0468. The minimum absolute atomic E-state index is 0.136. The molecule has 0 unspecified atom stereocenters. The number of esters is 1. The van der Waals surface area contributed by atoms with E-state index in [-0.39, 0.29) is 12.6 Å². The second-order valence-electron chi connectivity index (χ2n) is 5.36. The number of methoxy groups -OCH3 is 1. The number of ether oxygens (including phenoxy) is 2. The van der Waals surface area contributed by atoms with Crippen LogP contribution in [0.4, 0.5) is 0 Å². The highest BCUT2D eigenvalue weighted by atomic mass is 35.5. The summed E-state index contributed by atoms with van der Waals surface area (Å²) < 4.78 is 10.4. The smallest absolute Gasteiger partial charge is 0.338 e. The summed E-state index contributed by atoms with van der Waals surface area (Å²) in [7, 11) is 1.62. The largest absolute Gasteiger partial charge is 0.456 e. The third-order valence-electron chi connectivity index (χ3n) is 3.47. The molecule has 0 saturated heterocycles. The lowest BCUT2D eigenvalue weighted by Gasteiger charge is -2.05. The van der Waals surface area contributed by atoms with Gasteiger partial charge in [0.15, 0.2) is 0 Å². The summed E-state index contributed by atoms with van der Waals surface area (Å²) in [6.45, 7) is 0.592. The maximum Gasteiger partial charge on any atom is 0.338 e. The molecule has 1 heterocycles. The van der Waals surface area contributed by atoms with E-state index in [4.69, 9.17) is 21.1 Å². The van der Waals surface area contributed by atoms with Crippen molar-refractivity contribution in [2.75, 3.05) is 7.11 Å². The van der Waals surface area contributed by atoms with Crippen molar-refractivity contribution in [3.8, 4) is 10.6 Å². The molecule has 4 nitrogen and oxygen atoms in total. The number of hydrogen-bond acceptors (Lipinski definition) is 5. The molecule has 0 radical (unpaired) electrons. The van der Waals surface area contributed by atoms with Crippen LogP contribution in [0.25, 0.3) is 10.6 Å². The second-order valence-corrected chi connectivity index (χ2v) is 6.65. The van der Waals surface area contributed by atoms with Crippen molar-refractivity contribution in [1.82, 2.24) is 4.98 Å². The first-order valence-corrected chi connectivity index (χ1v) is 8.87. The van der Waals surface area contributed by atoms with Crippen molar-refractivity contribution in [3.05, 3.63) is 75.8 Å². The fourth-order valence-electron chi connectivity index (χ4n) is 2.28. The Labute approximate surface area is 155 Å². The van der Waals surface area contributed by atoms with Crippen LogP contribution in [0.1, 0.15) is 21.6 Å². The second kappa shape index (κ2) is 8.25. The molecular weight excluding hydrogens is 358 g/mol. The highest BCUT2D eigenvalue weighted by Crippen LogP contribution is 2.25. The van der Waals surface area contributed by atoms with Gasteiger partial charge in [-0.25, -0.2) is 9.78 Å². The molecule has 0 saturated carbocycles. The van der Waals surface area contributed by atoms with Gasteiger partial charge < -0.3 is 9.47 Å². The first kappa shape index (κ1) is 17.6. The van der Waals surface area contributed by atoms with Crippen molar-refractivity contribution in [3.63, 3.8) is 0 Å². The summed E-state index contributed by atoms with van der Waals surface area (Å²) in [6.07, 6.45) is 0. The molecule has 128 valence electrons. The van der Waals surface area contributed by atoms with Crippen LogP contribution >= 0.6 is 22.9 Å². The summed E-state index contributed by atoms with van der Waals surface area (Å²) in [4.78, 5) is 16.7. The van der Waals surface area contributed by atoms with Crippen LogP contribution in [0.5, 0.6) is 0 Å². The van der Waals surface area contributed by atoms with Gasteiger partial charge >= 0.3 is 5.97 Å². The number of hydrogen-bond donors (Lipinski definition) is 0. The van der Waals surface area contributed by atoms with E-state index in [9.17, 15) is 4.79 Å². The molecule has 2 aromatic carbocycles. The quantitative estimate of drug-likeness (QED) is 0.572. The number of halogens is 1. The van der Waals surface area contributed by atoms with Crippen molar-refractivity contribution in [2.24, 2.45) is 0 Å². The van der Waals surface area contributed by atoms with Crippen LogP contribution in [0.15, 0.2) is 53.9 Å². The minimum atomic E-state index is -0.376. The Bertz CT molecular complexity index is 861. The van der Waals surface area contributed by atoms with Crippen LogP contribution in [0.2, 0.25) is 5.02 Å². The summed E-state index contributed by atoms with van der Waals surface area (Å²) >= 11 is 7.40. The molecule has 0 N–H and O–H groups in total. The van der Waals surface area contributed by atoms with Gasteiger partial charge in [-0.15, -0.1) is 11.3 Å². The Balaban J connectivity index is 1.63. The molecular formula is C19H16ClNO3S. The maximum absolute atomic E-state index is 12.2. The molecule has 0 fully saturated rings. The number of carbonyl (C=O) groups is 1. The van der Waals surface area contributed by atoms with E-state index in [1.54, 1.807) is 19.2 Å². The summed E-state index contributed by atoms with van der Waals surface area (Å²) in [6, 6.07) is 14.7. The van der Waals surface area contributed by atoms with E-state index < -0.39 is 0 Å². The van der Waals surface area contributed by atoms with Gasteiger partial charge in [0.2, 0.25) is 0 Å². The highest BCUT2D eigenvalue weighted by Gasteiger charge is 2.10. The van der Waals surface area contributed by atoms with Gasteiger partial charge in [-0.3, -0.25) is 0 Å².